The molecule has 0 aliphatic carbocycles. The van der Waals surface area contributed by atoms with Crippen molar-refractivity contribution in [3.63, 3.8) is 0 Å². The highest BCUT2D eigenvalue weighted by Crippen LogP contribution is 2.28. The van der Waals surface area contributed by atoms with E-state index in [1.807, 2.05) is 0 Å². The van der Waals surface area contributed by atoms with Gasteiger partial charge in [-0.25, -0.2) is 4.98 Å². The molecule has 0 radical (unpaired) electrons. The van der Waals surface area contributed by atoms with Gasteiger partial charge in [0, 0.05) is 6.17 Å². The van der Waals surface area contributed by atoms with E-state index in [1.165, 1.54) is 0 Å². The molecule has 0 N–H and O–H groups in total. The number of rotatable bonds is 0. The average Bonchev–Trinajstić information content (AvgIpc) is 1.97. The van der Waals surface area contributed by atoms with E-state index >= 15 is 0 Å². The summed E-state index contributed by atoms with van der Waals surface area (Å²) in [7, 11) is 0. The van der Waals surface area contributed by atoms with E-state index in [-0.39, 0.29) is 0 Å². The molecule has 11 heavy (non-hydrogen) atoms. The SMILES string of the molecule is [2H]c1nc(Cl)c([2H])c([2H])c1C(F)(F)F. The summed E-state index contributed by atoms with van der Waals surface area (Å²) in [6, 6.07) is -1.95. The lowest BCUT2D eigenvalue weighted by atomic mass is 10.3. The molecule has 0 aliphatic rings. The van der Waals surface area contributed by atoms with Crippen LogP contribution in [0.25, 0.3) is 0 Å². The molecular weight excluding hydrogens is 179 g/mol. The molecule has 0 aliphatic heterocycles. The van der Waals surface area contributed by atoms with E-state index < -0.39 is 35.2 Å². The van der Waals surface area contributed by atoms with Crippen LogP contribution in [0.2, 0.25) is 5.15 Å². The van der Waals surface area contributed by atoms with Gasteiger partial charge in [0.15, 0.2) is 0 Å². The normalized spacial score (nSPS) is 15.5. The van der Waals surface area contributed by atoms with Gasteiger partial charge < -0.3 is 0 Å². The molecular formula is C6H3ClF3N. The van der Waals surface area contributed by atoms with E-state index in [1.54, 1.807) is 0 Å². The maximum atomic E-state index is 12.2. The Labute approximate surface area is 70.0 Å². The van der Waals surface area contributed by atoms with Gasteiger partial charge in [0.25, 0.3) is 0 Å². The minimum Gasteiger partial charge on any atom is -0.244 e. The molecule has 0 spiro atoms. The van der Waals surface area contributed by atoms with E-state index in [4.69, 9.17) is 15.7 Å². The molecule has 0 amide bonds. The molecule has 0 bridgehead atoms. The van der Waals surface area contributed by atoms with Crippen molar-refractivity contribution in [1.82, 2.24) is 4.98 Å². The maximum Gasteiger partial charge on any atom is 0.417 e. The van der Waals surface area contributed by atoms with E-state index in [0.717, 1.165) is 0 Å². The molecule has 0 atom stereocenters. The van der Waals surface area contributed by atoms with Gasteiger partial charge >= 0.3 is 6.18 Å². The zero-order valence-electron chi connectivity index (χ0n) is 7.96. The third-order valence-electron chi connectivity index (χ3n) is 0.840. The van der Waals surface area contributed by atoms with Crippen molar-refractivity contribution < 1.29 is 17.3 Å². The fraction of sp³-hybridized carbons (Fsp3) is 0.167. The lowest BCUT2D eigenvalue weighted by Crippen LogP contribution is -2.04. The summed E-state index contributed by atoms with van der Waals surface area (Å²) in [6.07, 6.45) is -6.00. The van der Waals surface area contributed by atoms with Gasteiger partial charge in [-0.2, -0.15) is 13.2 Å². The second-order valence-electron chi connectivity index (χ2n) is 1.64. The lowest BCUT2D eigenvalue weighted by molar-refractivity contribution is -0.137. The Morgan fingerprint density at radius 3 is 2.64 bits per heavy atom. The van der Waals surface area contributed by atoms with Gasteiger partial charge in [-0.05, 0) is 12.1 Å². The van der Waals surface area contributed by atoms with Gasteiger partial charge in [-0.1, -0.05) is 11.6 Å². The third-order valence-corrected chi connectivity index (χ3v) is 1.02. The molecule has 1 nitrogen and oxygen atoms in total. The number of aromatic nitrogens is 1. The Morgan fingerprint density at radius 2 is 2.09 bits per heavy atom. The Morgan fingerprint density at radius 1 is 1.45 bits per heavy atom. The molecule has 0 saturated carbocycles. The largest absolute Gasteiger partial charge is 0.417 e. The van der Waals surface area contributed by atoms with E-state index in [9.17, 15) is 13.2 Å². The highest BCUT2D eigenvalue weighted by atomic mass is 35.5. The summed E-state index contributed by atoms with van der Waals surface area (Å²) in [4.78, 5) is 3.00. The second kappa shape index (κ2) is 2.70. The van der Waals surface area contributed by atoms with Crippen LogP contribution in [0.3, 0.4) is 0 Å². The van der Waals surface area contributed by atoms with Gasteiger partial charge in [0.2, 0.25) is 0 Å². The average molecular weight is 185 g/mol. The fourth-order valence-corrected chi connectivity index (χ4v) is 0.499. The van der Waals surface area contributed by atoms with Gasteiger partial charge in [0.05, 0.1) is 9.68 Å². The third kappa shape index (κ3) is 2.08. The first kappa shape index (κ1) is 4.98. The smallest absolute Gasteiger partial charge is 0.244 e. The van der Waals surface area contributed by atoms with Gasteiger partial charge in [0.1, 0.15) is 5.15 Å². The number of halogens is 4. The van der Waals surface area contributed by atoms with E-state index in [0.29, 0.717) is 0 Å². The van der Waals surface area contributed by atoms with Crippen LogP contribution in [-0.2, 0) is 6.18 Å². The van der Waals surface area contributed by atoms with Crippen LogP contribution >= 0.6 is 11.6 Å². The Kier molecular flexibility index (Phi) is 1.22. The Balaban J connectivity index is 3.53. The Hall–Kier alpha value is -0.770. The van der Waals surface area contributed by atoms with E-state index in [2.05, 4.69) is 4.98 Å². The van der Waals surface area contributed by atoms with Crippen molar-refractivity contribution in [1.29, 1.82) is 0 Å². The first-order chi connectivity index (χ1) is 6.25. The summed E-state index contributed by atoms with van der Waals surface area (Å²) < 4.78 is 57.5. The van der Waals surface area contributed by atoms with Crippen LogP contribution in [-0.4, -0.2) is 4.98 Å². The van der Waals surface area contributed by atoms with Crippen LogP contribution in [0.15, 0.2) is 18.3 Å². The molecule has 1 aromatic heterocycles. The molecule has 1 aromatic rings. The molecule has 5 heteroatoms. The highest BCUT2D eigenvalue weighted by Gasteiger charge is 2.30. The fourth-order valence-electron chi connectivity index (χ4n) is 0.409. The number of alkyl halides is 3. The van der Waals surface area contributed by atoms with Crippen molar-refractivity contribution in [3.8, 4) is 0 Å². The van der Waals surface area contributed by atoms with Crippen molar-refractivity contribution in [2.75, 3.05) is 0 Å². The summed E-state index contributed by atoms with van der Waals surface area (Å²) >= 11 is 5.24. The number of pyridine rings is 1. The molecule has 0 unspecified atom stereocenters. The molecule has 0 fully saturated rings. The summed E-state index contributed by atoms with van der Waals surface area (Å²) in [5.41, 5.74) is -1.54. The predicted molar refractivity (Wildman–Crippen MR) is 34.2 cm³/mol. The first-order valence-corrected chi connectivity index (χ1v) is 2.83. The lowest BCUT2D eigenvalue weighted by Gasteiger charge is -2.04. The minimum absolute atomic E-state index is 0.576. The summed E-state index contributed by atoms with van der Waals surface area (Å²) in [5.74, 6) is 0. The predicted octanol–water partition coefficient (Wildman–Crippen LogP) is 2.75. The van der Waals surface area contributed by atoms with Crippen LogP contribution in [0.1, 0.15) is 9.68 Å². The van der Waals surface area contributed by atoms with Crippen LogP contribution in [0.5, 0.6) is 0 Å². The van der Waals surface area contributed by atoms with Crippen molar-refractivity contribution in [2.45, 2.75) is 6.18 Å². The monoisotopic (exact) mass is 184 g/mol. The van der Waals surface area contributed by atoms with Crippen molar-refractivity contribution in [2.24, 2.45) is 0 Å². The van der Waals surface area contributed by atoms with Crippen molar-refractivity contribution in [3.05, 3.63) is 29.0 Å². The summed E-state index contributed by atoms with van der Waals surface area (Å²) in [5, 5.41) is -0.576. The summed E-state index contributed by atoms with van der Waals surface area (Å²) in [6.45, 7) is 0. The standard InChI is InChI=1S/C6H3ClF3N/c7-5-2-1-4(3-11-5)6(8,9)10/h1-3H/i1D,2D,3D. The van der Waals surface area contributed by atoms with Crippen LogP contribution in [0, 0.1) is 0 Å². The minimum atomic E-state index is -4.86. The zero-order valence-corrected chi connectivity index (χ0v) is 5.72. The van der Waals surface area contributed by atoms with Crippen LogP contribution in [0.4, 0.5) is 13.2 Å². The molecule has 1 heterocycles. The Bertz CT molecular complexity index is 380. The molecule has 0 aromatic carbocycles. The molecule has 1 rings (SSSR count). The quantitative estimate of drug-likeness (QED) is 0.565. The molecule has 0 saturated heterocycles. The second-order valence-corrected chi connectivity index (χ2v) is 2.00. The highest BCUT2D eigenvalue weighted by molar-refractivity contribution is 6.29. The van der Waals surface area contributed by atoms with Crippen LogP contribution < -0.4 is 0 Å². The van der Waals surface area contributed by atoms with Gasteiger partial charge in [-0.3, -0.25) is 0 Å². The van der Waals surface area contributed by atoms with Crippen molar-refractivity contribution >= 4 is 11.6 Å². The number of hydrogen-bond acceptors (Lipinski definition) is 1. The topological polar surface area (TPSA) is 12.9 Å². The van der Waals surface area contributed by atoms with Gasteiger partial charge in [-0.15, -0.1) is 0 Å². The first-order valence-electron chi connectivity index (χ1n) is 3.95. The number of nitrogens with zero attached hydrogens (tertiary/aromatic N) is 1. The molecule has 60 valence electrons. The zero-order chi connectivity index (χ0) is 11.1. The number of hydrogen-bond donors (Lipinski definition) is 0. The maximum absolute atomic E-state index is 12.2.